The molecule has 1 aliphatic heterocycles. The van der Waals surface area contributed by atoms with E-state index >= 15 is 0 Å². The highest BCUT2D eigenvalue weighted by molar-refractivity contribution is 6.31. The van der Waals surface area contributed by atoms with Crippen molar-refractivity contribution in [3.05, 3.63) is 62.9 Å². The lowest BCUT2D eigenvalue weighted by Crippen LogP contribution is -2.53. The molecule has 1 atom stereocenters. The molecule has 2 aromatic rings. The van der Waals surface area contributed by atoms with E-state index in [-0.39, 0.29) is 19.6 Å². The predicted octanol–water partition coefficient (Wildman–Crippen LogP) is 3.92. The Morgan fingerprint density at radius 3 is 2.55 bits per heavy atom. The molecular weight excluding hydrogens is 470 g/mol. The van der Waals surface area contributed by atoms with Gasteiger partial charge in [0, 0.05) is 18.7 Å². The third kappa shape index (κ3) is 4.99. The Kier molecular flexibility index (Phi) is 6.56. The molecule has 3 amide bonds. The number of nitrogens with one attached hydrogen (secondary N) is 2. The Bertz CT molecular complexity index is 1030. The molecule has 0 radical (unpaired) electrons. The molecule has 1 aromatic heterocycles. The zero-order valence-corrected chi connectivity index (χ0v) is 16.9. The van der Waals surface area contributed by atoms with Crippen LogP contribution in [0.25, 0.3) is 0 Å². The summed E-state index contributed by atoms with van der Waals surface area (Å²) in [6.07, 6.45) is -4.93. The summed E-state index contributed by atoms with van der Waals surface area (Å²) in [5.41, 5.74) is -2.30. The monoisotopic (exact) mass is 482 g/mol. The van der Waals surface area contributed by atoms with Crippen LogP contribution in [0.5, 0.6) is 0 Å². The van der Waals surface area contributed by atoms with Crippen LogP contribution in [-0.2, 0) is 11.0 Å². The van der Waals surface area contributed by atoms with Gasteiger partial charge in [-0.25, -0.2) is 18.6 Å². The first-order valence-electron chi connectivity index (χ1n) is 8.68. The van der Waals surface area contributed by atoms with Gasteiger partial charge in [-0.3, -0.25) is 4.79 Å². The van der Waals surface area contributed by atoms with E-state index in [2.05, 4.69) is 15.6 Å². The number of hydrogen-bond donors (Lipinski definition) is 2. The van der Waals surface area contributed by atoms with Gasteiger partial charge in [-0.2, -0.15) is 13.2 Å². The van der Waals surface area contributed by atoms with Crippen LogP contribution in [0.3, 0.4) is 0 Å². The Morgan fingerprint density at radius 1 is 1.19 bits per heavy atom. The molecule has 31 heavy (non-hydrogen) atoms. The van der Waals surface area contributed by atoms with Crippen molar-refractivity contribution in [2.24, 2.45) is 0 Å². The van der Waals surface area contributed by atoms with Crippen molar-refractivity contribution in [1.29, 1.82) is 0 Å². The molecule has 1 saturated heterocycles. The van der Waals surface area contributed by atoms with E-state index in [1.165, 1.54) is 0 Å². The number of carbonyl (C=O) groups excluding carboxylic acids is 2. The van der Waals surface area contributed by atoms with Crippen molar-refractivity contribution in [3.63, 3.8) is 0 Å². The van der Waals surface area contributed by atoms with Crippen LogP contribution in [0.1, 0.15) is 23.0 Å². The van der Waals surface area contributed by atoms with Crippen LogP contribution >= 0.6 is 23.2 Å². The summed E-state index contributed by atoms with van der Waals surface area (Å²) in [6, 6.07) is 1.22. The Balaban J connectivity index is 2.06. The van der Waals surface area contributed by atoms with E-state index < -0.39 is 62.8 Å². The summed E-state index contributed by atoms with van der Waals surface area (Å²) < 4.78 is 68.1. The molecule has 3 rings (SSSR count). The number of pyridine rings is 1. The molecule has 1 aliphatic rings. The van der Waals surface area contributed by atoms with Crippen LogP contribution in [0, 0.1) is 11.6 Å². The number of halogens is 7. The van der Waals surface area contributed by atoms with Crippen LogP contribution in [-0.4, -0.2) is 41.5 Å². The number of alkyl halides is 3. The highest BCUT2D eigenvalue weighted by Gasteiger charge is 2.37. The van der Waals surface area contributed by atoms with Gasteiger partial charge in [0.15, 0.2) is 5.69 Å². The van der Waals surface area contributed by atoms with Crippen molar-refractivity contribution >= 4 is 35.1 Å². The number of benzene rings is 1. The second-order valence-corrected chi connectivity index (χ2v) is 7.27. The smallest absolute Gasteiger partial charge is 0.353 e. The number of rotatable bonds is 3. The van der Waals surface area contributed by atoms with Crippen LogP contribution in [0.2, 0.25) is 10.0 Å². The summed E-state index contributed by atoms with van der Waals surface area (Å²) in [5.74, 6) is -2.83. The second-order valence-electron chi connectivity index (χ2n) is 6.48. The highest BCUT2D eigenvalue weighted by Crippen LogP contribution is 2.36. The largest absolute Gasteiger partial charge is 0.434 e. The average Bonchev–Trinajstić information content (AvgIpc) is 2.70. The van der Waals surface area contributed by atoms with Crippen LogP contribution in [0.15, 0.2) is 24.3 Å². The lowest BCUT2D eigenvalue weighted by Gasteiger charge is -2.29. The van der Waals surface area contributed by atoms with Gasteiger partial charge < -0.3 is 15.5 Å². The number of carbonyl (C=O) groups is 2. The van der Waals surface area contributed by atoms with Gasteiger partial charge in [0.25, 0.3) is 0 Å². The van der Waals surface area contributed by atoms with Gasteiger partial charge >= 0.3 is 12.2 Å². The zero-order chi connectivity index (χ0) is 22.9. The zero-order valence-electron chi connectivity index (χ0n) is 15.4. The van der Waals surface area contributed by atoms with E-state index in [1.54, 1.807) is 0 Å². The lowest BCUT2D eigenvalue weighted by molar-refractivity contribution is -0.141. The standard InChI is InChI=1S/C18H13Cl2F5N4O2/c19-9-2-4-11(27-16(9)18(23,24)25)15(8-1-3-10(21)13(20)14(8)22)28-17(31)29-6-5-26-12(30)7-29/h1-4,15H,5-7H2,(H,26,30)(H,28,31). The van der Waals surface area contributed by atoms with Crippen LogP contribution in [0.4, 0.5) is 26.7 Å². The first-order valence-corrected chi connectivity index (χ1v) is 9.43. The van der Waals surface area contributed by atoms with Crippen molar-refractivity contribution in [2.75, 3.05) is 19.6 Å². The molecule has 6 nitrogen and oxygen atoms in total. The SMILES string of the molecule is O=C1CN(C(=O)NC(c2ccc(Cl)c(C(F)(F)F)n2)c2ccc(F)c(Cl)c2F)CCN1. The topological polar surface area (TPSA) is 74.3 Å². The predicted molar refractivity (Wildman–Crippen MR) is 101 cm³/mol. The van der Waals surface area contributed by atoms with Gasteiger partial charge in [0.2, 0.25) is 5.91 Å². The van der Waals surface area contributed by atoms with Gasteiger partial charge in [-0.05, 0) is 18.2 Å². The first kappa shape index (κ1) is 23.0. The molecule has 1 aromatic carbocycles. The minimum absolute atomic E-state index is 0.110. The van der Waals surface area contributed by atoms with Crippen LogP contribution < -0.4 is 10.6 Å². The molecule has 2 N–H and O–H groups in total. The molecule has 1 fully saturated rings. The quantitative estimate of drug-likeness (QED) is 0.514. The number of aromatic nitrogens is 1. The maximum atomic E-state index is 14.7. The maximum Gasteiger partial charge on any atom is 0.434 e. The van der Waals surface area contributed by atoms with Crippen molar-refractivity contribution in [1.82, 2.24) is 20.5 Å². The van der Waals surface area contributed by atoms with Gasteiger partial charge in [-0.15, -0.1) is 0 Å². The fraction of sp³-hybridized carbons (Fsp3) is 0.278. The van der Waals surface area contributed by atoms with E-state index in [4.69, 9.17) is 23.2 Å². The summed E-state index contributed by atoms with van der Waals surface area (Å²) in [4.78, 5) is 28.7. The first-order chi connectivity index (χ1) is 14.5. The molecule has 0 saturated carbocycles. The highest BCUT2D eigenvalue weighted by atomic mass is 35.5. The van der Waals surface area contributed by atoms with Crippen molar-refractivity contribution < 1.29 is 31.5 Å². The average molecular weight is 483 g/mol. The number of urea groups is 1. The minimum Gasteiger partial charge on any atom is -0.353 e. The summed E-state index contributed by atoms with van der Waals surface area (Å²) in [6.45, 7) is -0.0447. The van der Waals surface area contributed by atoms with E-state index in [9.17, 15) is 31.5 Å². The van der Waals surface area contributed by atoms with Gasteiger partial charge in [0.1, 0.15) is 29.2 Å². The Labute approximate surface area is 182 Å². The molecule has 0 bridgehead atoms. The molecule has 13 heteroatoms. The van der Waals surface area contributed by atoms with Gasteiger partial charge in [0.05, 0.1) is 10.7 Å². The number of amides is 3. The van der Waals surface area contributed by atoms with Crippen molar-refractivity contribution in [2.45, 2.75) is 12.2 Å². The molecule has 166 valence electrons. The summed E-state index contributed by atoms with van der Waals surface area (Å²) in [7, 11) is 0. The molecular formula is C18H13Cl2F5N4O2. The Morgan fingerprint density at radius 2 is 1.90 bits per heavy atom. The fourth-order valence-electron chi connectivity index (χ4n) is 2.92. The fourth-order valence-corrected chi connectivity index (χ4v) is 3.30. The van der Waals surface area contributed by atoms with Crippen molar-refractivity contribution in [3.8, 4) is 0 Å². The third-order valence-electron chi connectivity index (χ3n) is 4.40. The lowest BCUT2D eigenvalue weighted by atomic mass is 10.0. The number of piperazine rings is 1. The van der Waals surface area contributed by atoms with E-state index in [0.29, 0.717) is 0 Å². The summed E-state index contributed by atoms with van der Waals surface area (Å²) in [5, 5.41) is 3.24. The number of hydrogen-bond acceptors (Lipinski definition) is 3. The third-order valence-corrected chi connectivity index (χ3v) is 5.05. The molecule has 2 heterocycles. The molecule has 0 spiro atoms. The second kappa shape index (κ2) is 8.83. The maximum absolute atomic E-state index is 14.7. The van der Waals surface area contributed by atoms with E-state index in [0.717, 1.165) is 29.2 Å². The normalized spacial score (nSPS) is 15.5. The molecule has 1 unspecified atom stereocenters. The number of nitrogens with zero attached hydrogens (tertiary/aromatic N) is 2. The Hall–Kier alpha value is -2.66. The van der Waals surface area contributed by atoms with Gasteiger partial charge in [-0.1, -0.05) is 29.3 Å². The minimum atomic E-state index is -4.93. The summed E-state index contributed by atoms with van der Waals surface area (Å²) >= 11 is 11.2. The van der Waals surface area contributed by atoms with E-state index in [1.807, 2.05) is 0 Å². The molecule has 0 aliphatic carbocycles.